The number of hydrogen-bond acceptors (Lipinski definition) is 3. The van der Waals surface area contributed by atoms with Gasteiger partial charge in [-0.1, -0.05) is 24.2 Å². The Morgan fingerprint density at radius 3 is 2.71 bits per heavy atom. The van der Waals surface area contributed by atoms with Gasteiger partial charge in [-0.15, -0.1) is 24.0 Å². The maximum atomic E-state index is 13.7. The Hall–Kier alpha value is -1.64. The highest BCUT2D eigenvalue weighted by Gasteiger charge is 2.10. The van der Waals surface area contributed by atoms with Crippen molar-refractivity contribution in [3.8, 4) is 0 Å². The van der Waals surface area contributed by atoms with Crippen LogP contribution in [0.1, 0.15) is 42.5 Å². The van der Waals surface area contributed by atoms with E-state index >= 15 is 0 Å². The Morgan fingerprint density at radius 1 is 1.38 bits per heavy atom. The average Bonchev–Trinajstić information content (AvgIpc) is 3.01. The highest BCUT2D eigenvalue weighted by atomic mass is 127. The van der Waals surface area contributed by atoms with Gasteiger partial charge < -0.3 is 15.2 Å². The molecule has 0 radical (unpaired) electrons. The first-order valence-electron chi connectivity index (χ1n) is 7.71. The van der Waals surface area contributed by atoms with Gasteiger partial charge in [-0.3, -0.25) is 4.99 Å². The van der Waals surface area contributed by atoms with E-state index in [-0.39, 0.29) is 35.8 Å². The molecular weight excluding hydrogens is 422 g/mol. The summed E-state index contributed by atoms with van der Waals surface area (Å²) in [5.74, 6) is 1.17. The molecule has 0 saturated carbocycles. The van der Waals surface area contributed by atoms with Gasteiger partial charge in [-0.25, -0.2) is 4.39 Å². The summed E-state index contributed by atoms with van der Waals surface area (Å²) < 4.78 is 18.9. The first-order valence-corrected chi connectivity index (χ1v) is 7.71. The fourth-order valence-corrected chi connectivity index (χ4v) is 2.14. The molecule has 2 rings (SSSR count). The lowest BCUT2D eigenvalue weighted by Crippen LogP contribution is -2.38. The molecule has 0 fully saturated rings. The molecule has 132 valence electrons. The average molecular weight is 446 g/mol. The Labute approximate surface area is 159 Å². The maximum absolute atomic E-state index is 13.7. The number of aromatic nitrogens is 1. The van der Waals surface area contributed by atoms with Crippen LogP contribution in [0.3, 0.4) is 0 Å². The van der Waals surface area contributed by atoms with Crippen molar-refractivity contribution in [3.63, 3.8) is 0 Å². The van der Waals surface area contributed by atoms with Crippen molar-refractivity contribution < 1.29 is 8.91 Å². The van der Waals surface area contributed by atoms with E-state index < -0.39 is 0 Å². The molecule has 1 atom stereocenters. The number of aliphatic imine (C=N–C) groups is 1. The van der Waals surface area contributed by atoms with E-state index in [1.807, 2.05) is 26.0 Å². The van der Waals surface area contributed by atoms with Crippen molar-refractivity contribution in [3.05, 3.63) is 52.7 Å². The second-order valence-electron chi connectivity index (χ2n) is 5.44. The fourth-order valence-electron chi connectivity index (χ4n) is 2.14. The van der Waals surface area contributed by atoms with Crippen LogP contribution in [0.4, 0.5) is 4.39 Å². The van der Waals surface area contributed by atoms with Crippen LogP contribution in [0, 0.1) is 12.7 Å². The van der Waals surface area contributed by atoms with Crippen molar-refractivity contribution in [2.45, 2.75) is 39.8 Å². The molecule has 0 amide bonds. The minimum absolute atomic E-state index is 0. The quantitative estimate of drug-likeness (QED) is 0.418. The van der Waals surface area contributed by atoms with Gasteiger partial charge in [0.05, 0.1) is 18.3 Å². The number of hydrogen-bond donors (Lipinski definition) is 2. The number of benzene rings is 1. The van der Waals surface area contributed by atoms with E-state index in [4.69, 9.17) is 4.52 Å². The van der Waals surface area contributed by atoms with E-state index in [1.54, 1.807) is 26.1 Å². The van der Waals surface area contributed by atoms with Gasteiger partial charge in [0.1, 0.15) is 5.82 Å². The molecule has 2 N–H and O–H groups in total. The molecule has 0 saturated heterocycles. The topological polar surface area (TPSA) is 62.5 Å². The van der Waals surface area contributed by atoms with Crippen molar-refractivity contribution in [2.75, 3.05) is 7.05 Å². The third-order valence-electron chi connectivity index (χ3n) is 3.67. The standard InChI is InChI=1S/C17H23FN4O.HI/c1-5-14-9-15(23-22-14)10-20-17(19-4)21-12(3)13-7-6-11(2)16(18)8-13;/h6-9,12H,5,10H2,1-4H3,(H2,19,20,21);1H. The normalized spacial score (nSPS) is 12.5. The van der Waals surface area contributed by atoms with Gasteiger partial charge in [0, 0.05) is 13.1 Å². The summed E-state index contributed by atoms with van der Waals surface area (Å²) in [6, 6.07) is 7.08. The van der Waals surface area contributed by atoms with Crippen molar-refractivity contribution in [2.24, 2.45) is 4.99 Å². The van der Waals surface area contributed by atoms with Crippen molar-refractivity contribution in [1.29, 1.82) is 0 Å². The highest BCUT2D eigenvalue weighted by molar-refractivity contribution is 14.0. The molecule has 1 aromatic carbocycles. The Kier molecular flexibility index (Phi) is 8.17. The van der Waals surface area contributed by atoms with Crippen LogP contribution in [-0.4, -0.2) is 18.2 Å². The number of nitrogens with one attached hydrogen (secondary N) is 2. The molecule has 1 aromatic heterocycles. The highest BCUT2D eigenvalue weighted by Crippen LogP contribution is 2.16. The molecule has 0 aliphatic carbocycles. The lowest BCUT2D eigenvalue weighted by atomic mass is 10.1. The Morgan fingerprint density at radius 2 is 2.12 bits per heavy atom. The van der Waals surface area contributed by atoms with Crippen LogP contribution in [0.15, 0.2) is 33.8 Å². The summed E-state index contributed by atoms with van der Waals surface area (Å²) in [4.78, 5) is 4.17. The number of aryl methyl sites for hydroxylation is 2. The van der Waals surface area contributed by atoms with Crippen LogP contribution in [-0.2, 0) is 13.0 Å². The Balaban J connectivity index is 0.00000288. The first kappa shape index (κ1) is 20.4. The minimum atomic E-state index is -0.201. The smallest absolute Gasteiger partial charge is 0.191 e. The molecule has 0 aliphatic rings. The second kappa shape index (κ2) is 9.61. The van der Waals surface area contributed by atoms with Gasteiger partial charge in [0.25, 0.3) is 0 Å². The van der Waals surface area contributed by atoms with E-state index in [1.165, 1.54) is 0 Å². The van der Waals surface area contributed by atoms with E-state index in [0.29, 0.717) is 18.1 Å². The number of halogens is 2. The zero-order valence-corrected chi connectivity index (χ0v) is 16.7. The lowest BCUT2D eigenvalue weighted by Gasteiger charge is -2.18. The predicted molar refractivity (Wildman–Crippen MR) is 104 cm³/mol. The van der Waals surface area contributed by atoms with Crippen LogP contribution in [0.5, 0.6) is 0 Å². The molecule has 1 unspecified atom stereocenters. The molecule has 7 heteroatoms. The van der Waals surface area contributed by atoms with E-state index in [2.05, 4.69) is 20.8 Å². The maximum Gasteiger partial charge on any atom is 0.191 e. The van der Waals surface area contributed by atoms with Gasteiger partial charge in [0.15, 0.2) is 11.7 Å². The molecule has 24 heavy (non-hydrogen) atoms. The molecule has 2 aromatic rings. The van der Waals surface area contributed by atoms with E-state index in [9.17, 15) is 4.39 Å². The fraction of sp³-hybridized carbons (Fsp3) is 0.412. The Bertz CT molecular complexity index is 687. The van der Waals surface area contributed by atoms with E-state index in [0.717, 1.165) is 23.4 Å². The van der Waals surface area contributed by atoms with Crippen LogP contribution in [0.25, 0.3) is 0 Å². The lowest BCUT2D eigenvalue weighted by molar-refractivity contribution is 0.374. The largest absolute Gasteiger partial charge is 0.359 e. The van der Waals surface area contributed by atoms with Gasteiger partial charge in [-0.2, -0.15) is 0 Å². The third kappa shape index (κ3) is 5.47. The van der Waals surface area contributed by atoms with Gasteiger partial charge in [0.2, 0.25) is 0 Å². The molecule has 1 heterocycles. The summed E-state index contributed by atoms with van der Waals surface area (Å²) in [7, 11) is 1.69. The summed E-state index contributed by atoms with van der Waals surface area (Å²) >= 11 is 0. The third-order valence-corrected chi connectivity index (χ3v) is 3.67. The zero-order valence-electron chi connectivity index (χ0n) is 14.4. The molecule has 0 aliphatic heterocycles. The summed E-state index contributed by atoms with van der Waals surface area (Å²) in [5.41, 5.74) is 2.43. The SMILES string of the molecule is CCc1cc(CNC(=NC)NC(C)c2ccc(C)c(F)c2)on1.I. The summed E-state index contributed by atoms with van der Waals surface area (Å²) in [5, 5.41) is 10.3. The minimum Gasteiger partial charge on any atom is -0.359 e. The number of rotatable bonds is 5. The summed E-state index contributed by atoms with van der Waals surface area (Å²) in [6.07, 6.45) is 0.840. The van der Waals surface area contributed by atoms with Gasteiger partial charge in [-0.05, 0) is 37.5 Å². The first-order chi connectivity index (χ1) is 11.0. The number of guanidine groups is 1. The molecule has 5 nitrogen and oxygen atoms in total. The van der Waals surface area contributed by atoms with Crippen molar-refractivity contribution in [1.82, 2.24) is 15.8 Å². The van der Waals surface area contributed by atoms with Crippen molar-refractivity contribution >= 4 is 29.9 Å². The molecule has 0 bridgehead atoms. The molecule has 0 spiro atoms. The summed E-state index contributed by atoms with van der Waals surface area (Å²) in [6.45, 7) is 6.22. The second-order valence-corrected chi connectivity index (χ2v) is 5.44. The van der Waals surface area contributed by atoms with Gasteiger partial charge >= 0.3 is 0 Å². The molecular formula is C17H24FIN4O. The van der Waals surface area contributed by atoms with Crippen LogP contribution >= 0.6 is 24.0 Å². The van der Waals surface area contributed by atoms with Crippen LogP contribution < -0.4 is 10.6 Å². The van der Waals surface area contributed by atoms with Crippen LogP contribution in [0.2, 0.25) is 0 Å². The zero-order chi connectivity index (χ0) is 16.8. The number of nitrogens with zero attached hydrogens (tertiary/aromatic N) is 2. The predicted octanol–water partition coefficient (Wildman–Crippen LogP) is 3.73. The monoisotopic (exact) mass is 446 g/mol.